The summed E-state index contributed by atoms with van der Waals surface area (Å²) in [7, 11) is 0.959. The number of anilines is 1. The van der Waals surface area contributed by atoms with Crippen LogP contribution in [0.5, 0.6) is 0 Å². The molecule has 4 nitrogen and oxygen atoms in total. The Morgan fingerprint density at radius 3 is 1.69 bits per heavy atom. The number of fused-ring (bicyclic) bond motifs is 3. The number of hydrogen-bond acceptors (Lipinski definition) is 3. The summed E-state index contributed by atoms with van der Waals surface area (Å²) in [5.74, 6) is 0. The van der Waals surface area contributed by atoms with Crippen molar-refractivity contribution in [2.24, 2.45) is 0 Å². The molecular formula is C34H37N3OS. The fourth-order valence-corrected chi connectivity index (χ4v) is 7.62. The standard InChI is InChI=1S/C34H37N3OS/c1-32(2,3)39(38)35-33-24-25-36(4)31(33)37(30-23-15-14-22-29(30)33)34(26-16-8-5-9-17-26,27-18-10-6-11-19-27)28-20-12-7-13-21-28/h5-23,31,35H,24-25H2,1-4H3/t31?,33-,39?/m1/s1. The molecule has 200 valence electrons. The number of likely N-dealkylation sites (N-methyl/N-ethyl adjacent to an activating group) is 1. The Bertz CT molecular complexity index is 1370. The number of nitrogens with one attached hydrogen (secondary N) is 1. The molecule has 0 saturated carbocycles. The zero-order valence-corrected chi connectivity index (χ0v) is 24.0. The van der Waals surface area contributed by atoms with Gasteiger partial charge in [0.05, 0.1) is 21.3 Å². The molecule has 2 aliphatic rings. The Kier molecular flexibility index (Phi) is 6.49. The van der Waals surface area contributed by atoms with Crippen molar-refractivity contribution in [3.63, 3.8) is 0 Å². The van der Waals surface area contributed by atoms with Crippen LogP contribution in [0.4, 0.5) is 5.69 Å². The van der Waals surface area contributed by atoms with E-state index < -0.39 is 26.8 Å². The average molecular weight is 536 g/mol. The molecule has 4 aromatic carbocycles. The van der Waals surface area contributed by atoms with Crippen LogP contribution in [0, 0.1) is 0 Å². The van der Waals surface area contributed by atoms with E-state index in [0.29, 0.717) is 0 Å². The van der Waals surface area contributed by atoms with E-state index >= 15 is 0 Å². The zero-order valence-electron chi connectivity index (χ0n) is 23.2. The van der Waals surface area contributed by atoms with Crippen molar-refractivity contribution in [1.82, 2.24) is 9.62 Å². The first-order valence-corrected chi connectivity index (χ1v) is 14.9. The summed E-state index contributed by atoms with van der Waals surface area (Å²) in [6.45, 7) is 7.03. The predicted molar refractivity (Wildman–Crippen MR) is 162 cm³/mol. The van der Waals surface area contributed by atoms with Crippen LogP contribution >= 0.6 is 0 Å². The molecule has 2 unspecified atom stereocenters. The van der Waals surface area contributed by atoms with Crippen molar-refractivity contribution in [1.29, 1.82) is 0 Å². The first-order chi connectivity index (χ1) is 18.8. The van der Waals surface area contributed by atoms with Crippen molar-refractivity contribution in [2.45, 2.75) is 49.2 Å². The van der Waals surface area contributed by atoms with E-state index in [1.807, 2.05) is 20.8 Å². The molecule has 0 amide bonds. The van der Waals surface area contributed by atoms with Crippen molar-refractivity contribution in [3.05, 3.63) is 138 Å². The fourth-order valence-electron chi connectivity index (χ4n) is 6.66. The van der Waals surface area contributed by atoms with Gasteiger partial charge in [0, 0.05) is 12.2 Å². The van der Waals surface area contributed by atoms with Gasteiger partial charge in [0.1, 0.15) is 11.7 Å². The molecule has 3 atom stereocenters. The minimum atomic E-state index is -1.25. The van der Waals surface area contributed by atoms with Crippen LogP contribution in [-0.2, 0) is 22.1 Å². The number of likely N-dealkylation sites (tertiary alicyclic amines) is 1. The third-order valence-corrected chi connectivity index (χ3v) is 10.0. The average Bonchev–Trinajstić information content (AvgIpc) is 3.43. The Morgan fingerprint density at radius 2 is 1.21 bits per heavy atom. The predicted octanol–water partition coefficient (Wildman–Crippen LogP) is 6.41. The Morgan fingerprint density at radius 1 is 0.744 bits per heavy atom. The highest BCUT2D eigenvalue weighted by molar-refractivity contribution is 7.84. The van der Waals surface area contributed by atoms with E-state index in [4.69, 9.17) is 0 Å². The smallest absolute Gasteiger partial charge is 0.118 e. The maximum absolute atomic E-state index is 13.8. The lowest BCUT2D eigenvalue weighted by Gasteiger charge is -2.50. The van der Waals surface area contributed by atoms with Gasteiger partial charge in [-0.1, -0.05) is 109 Å². The first-order valence-electron chi connectivity index (χ1n) is 13.8. The molecule has 4 aromatic rings. The molecule has 39 heavy (non-hydrogen) atoms. The minimum Gasteiger partial charge on any atom is -0.335 e. The largest absolute Gasteiger partial charge is 0.335 e. The quantitative estimate of drug-likeness (QED) is 0.290. The maximum atomic E-state index is 13.8. The van der Waals surface area contributed by atoms with Gasteiger partial charge in [-0.15, -0.1) is 0 Å². The van der Waals surface area contributed by atoms with E-state index in [0.717, 1.165) is 13.0 Å². The van der Waals surface area contributed by atoms with Crippen molar-refractivity contribution in [2.75, 3.05) is 18.5 Å². The SMILES string of the molecule is CN1CC[C@@]2(NS(=O)C(C)(C)C)c3ccccc3N(C(c3ccccc3)(c3ccccc3)c3ccccc3)C12. The lowest BCUT2D eigenvalue weighted by atomic mass is 9.75. The van der Waals surface area contributed by atoms with Gasteiger partial charge >= 0.3 is 0 Å². The van der Waals surface area contributed by atoms with Gasteiger partial charge in [-0.3, -0.25) is 4.90 Å². The number of para-hydroxylation sites is 1. The second-order valence-electron chi connectivity index (χ2n) is 11.8. The van der Waals surface area contributed by atoms with Crippen LogP contribution in [0.1, 0.15) is 49.4 Å². The van der Waals surface area contributed by atoms with Gasteiger partial charge in [-0.2, -0.15) is 0 Å². The van der Waals surface area contributed by atoms with Crippen LogP contribution < -0.4 is 9.62 Å². The molecule has 6 rings (SSSR count). The Balaban J connectivity index is 1.71. The van der Waals surface area contributed by atoms with E-state index in [9.17, 15) is 4.21 Å². The molecule has 1 fully saturated rings. The Hall–Kier alpha value is -3.25. The fraction of sp³-hybridized carbons (Fsp3) is 0.294. The highest BCUT2D eigenvalue weighted by atomic mass is 32.2. The molecule has 2 heterocycles. The number of rotatable bonds is 6. The molecule has 0 radical (unpaired) electrons. The molecule has 0 bridgehead atoms. The second kappa shape index (κ2) is 9.74. The summed E-state index contributed by atoms with van der Waals surface area (Å²) in [5, 5.41) is 0. The van der Waals surface area contributed by atoms with Crippen LogP contribution in [0.3, 0.4) is 0 Å². The molecule has 0 aliphatic carbocycles. The van der Waals surface area contributed by atoms with Crippen LogP contribution in [0.15, 0.2) is 115 Å². The number of nitrogens with zero attached hydrogens (tertiary/aromatic N) is 2. The van der Waals surface area contributed by atoms with Gasteiger partial charge in [-0.05, 0) is 62.6 Å². The third-order valence-electron chi connectivity index (χ3n) is 8.37. The lowest BCUT2D eigenvalue weighted by Crippen LogP contribution is -2.62. The van der Waals surface area contributed by atoms with Crippen molar-refractivity contribution in [3.8, 4) is 0 Å². The van der Waals surface area contributed by atoms with Crippen LogP contribution in [0.25, 0.3) is 0 Å². The van der Waals surface area contributed by atoms with Gasteiger partial charge in [0.25, 0.3) is 0 Å². The van der Waals surface area contributed by atoms with E-state index in [1.54, 1.807) is 0 Å². The van der Waals surface area contributed by atoms with Crippen LogP contribution in [0.2, 0.25) is 0 Å². The number of benzene rings is 4. The molecule has 0 aromatic heterocycles. The van der Waals surface area contributed by atoms with Crippen molar-refractivity contribution < 1.29 is 4.21 Å². The summed E-state index contributed by atoms with van der Waals surface area (Å²) >= 11 is 0. The highest BCUT2D eigenvalue weighted by Gasteiger charge is 2.62. The molecular weight excluding hydrogens is 498 g/mol. The van der Waals surface area contributed by atoms with Crippen molar-refractivity contribution >= 4 is 16.7 Å². The van der Waals surface area contributed by atoms with Crippen LogP contribution in [-0.4, -0.2) is 33.6 Å². The first kappa shape index (κ1) is 26.0. The molecule has 0 spiro atoms. The maximum Gasteiger partial charge on any atom is 0.118 e. The Labute approximate surface area is 235 Å². The lowest BCUT2D eigenvalue weighted by molar-refractivity contribution is 0.220. The van der Waals surface area contributed by atoms with E-state index in [2.05, 4.69) is 137 Å². The summed E-state index contributed by atoms with van der Waals surface area (Å²) in [6, 6.07) is 41.3. The summed E-state index contributed by atoms with van der Waals surface area (Å²) in [4.78, 5) is 5.05. The minimum absolute atomic E-state index is 0.0678. The monoisotopic (exact) mass is 535 g/mol. The second-order valence-corrected chi connectivity index (χ2v) is 13.7. The third kappa shape index (κ3) is 3.98. The summed E-state index contributed by atoms with van der Waals surface area (Å²) in [5.41, 5.74) is 4.86. The zero-order chi connectivity index (χ0) is 27.3. The van der Waals surface area contributed by atoms with E-state index in [-0.39, 0.29) is 6.17 Å². The summed E-state index contributed by atoms with van der Waals surface area (Å²) in [6.07, 6.45) is 0.805. The molecule has 1 saturated heterocycles. The molecule has 2 aliphatic heterocycles. The molecule has 5 heteroatoms. The van der Waals surface area contributed by atoms with Gasteiger partial charge < -0.3 is 4.90 Å². The normalized spacial score (nSPS) is 21.9. The summed E-state index contributed by atoms with van der Waals surface area (Å²) < 4.78 is 17.1. The van der Waals surface area contributed by atoms with Gasteiger partial charge in [0.15, 0.2) is 0 Å². The van der Waals surface area contributed by atoms with Gasteiger partial charge in [0.2, 0.25) is 0 Å². The van der Waals surface area contributed by atoms with Gasteiger partial charge in [-0.25, -0.2) is 8.93 Å². The number of hydrogen-bond donors (Lipinski definition) is 1. The topological polar surface area (TPSA) is 35.6 Å². The van der Waals surface area contributed by atoms with E-state index in [1.165, 1.54) is 27.9 Å². The molecule has 1 N–H and O–H groups in total. The highest BCUT2D eigenvalue weighted by Crippen LogP contribution is 2.58.